The van der Waals surface area contributed by atoms with Crippen molar-refractivity contribution in [1.82, 2.24) is 4.90 Å². The molecule has 1 rings (SSSR count). The molecule has 0 aromatic rings. The van der Waals surface area contributed by atoms with E-state index < -0.39 is 0 Å². The third-order valence-electron chi connectivity index (χ3n) is 3.62. The quantitative estimate of drug-likeness (QED) is 0.467. The van der Waals surface area contributed by atoms with Gasteiger partial charge in [-0.3, -0.25) is 4.79 Å². The van der Waals surface area contributed by atoms with Crippen molar-refractivity contribution < 1.29 is 4.79 Å². The Bertz CT molecular complexity index is 306. The SMILES string of the molecule is CCC/C=C/[C@H]1CCCC(=O)N1C/C=C\CCCC. The van der Waals surface area contributed by atoms with Crippen LogP contribution in [0.4, 0.5) is 0 Å². The van der Waals surface area contributed by atoms with Gasteiger partial charge in [0.1, 0.15) is 0 Å². The largest absolute Gasteiger partial charge is 0.333 e. The molecule has 1 amide bonds. The van der Waals surface area contributed by atoms with Crippen molar-refractivity contribution in [3.05, 3.63) is 24.3 Å². The smallest absolute Gasteiger partial charge is 0.223 e. The Balaban J connectivity index is 2.47. The molecule has 0 radical (unpaired) electrons. The third-order valence-corrected chi connectivity index (χ3v) is 3.62. The summed E-state index contributed by atoms with van der Waals surface area (Å²) in [5.41, 5.74) is 0. The summed E-state index contributed by atoms with van der Waals surface area (Å²) in [5, 5.41) is 0. The Labute approximate surface area is 118 Å². The average molecular weight is 263 g/mol. The van der Waals surface area contributed by atoms with Crippen LogP contribution in [-0.4, -0.2) is 23.4 Å². The van der Waals surface area contributed by atoms with Gasteiger partial charge in [0.25, 0.3) is 0 Å². The number of nitrogens with zero attached hydrogens (tertiary/aromatic N) is 1. The predicted molar refractivity (Wildman–Crippen MR) is 82.1 cm³/mol. The third kappa shape index (κ3) is 6.09. The number of rotatable bonds is 8. The highest BCUT2D eigenvalue weighted by molar-refractivity contribution is 5.77. The van der Waals surface area contributed by atoms with Crippen molar-refractivity contribution in [3.63, 3.8) is 0 Å². The fourth-order valence-electron chi connectivity index (χ4n) is 2.43. The Hall–Kier alpha value is -1.05. The van der Waals surface area contributed by atoms with E-state index in [1.165, 1.54) is 19.3 Å². The van der Waals surface area contributed by atoms with Gasteiger partial charge in [-0.25, -0.2) is 0 Å². The van der Waals surface area contributed by atoms with Crippen LogP contribution in [0, 0.1) is 0 Å². The zero-order chi connectivity index (χ0) is 13.9. The first-order chi connectivity index (χ1) is 9.29. The van der Waals surface area contributed by atoms with Gasteiger partial charge >= 0.3 is 0 Å². The molecule has 0 unspecified atom stereocenters. The zero-order valence-corrected chi connectivity index (χ0v) is 12.6. The van der Waals surface area contributed by atoms with Crippen molar-refractivity contribution in [2.75, 3.05) is 6.54 Å². The molecule has 0 aromatic heterocycles. The number of unbranched alkanes of at least 4 members (excludes halogenated alkanes) is 3. The highest BCUT2D eigenvalue weighted by atomic mass is 16.2. The standard InChI is InChI=1S/C17H29NO/c1-3-5-7-8-10-15-18-16(12-9-6-4-2)13-11-14-17(18)19/h8-10,12,16H,3-7,11,13-15H2,1-2H3/b10-8-,12-9+/t16-/m0/s1. The molecule has 2 heteroatoms. The number of carbonyl (C=O) groups excluding carboxylic acids is 1. The summed E-state index contributed by atoms with van der Waals surface area (Å²) in [5.74, 6) is 0.317. The number of amides is 1. The van der Waals surface area contributed by atoms with E-state index in [0.29, 0.717) is 11.9 Å². The first-order valence-corrected chi connectivity index (χ1v) is 7.90. The van der Waals surface area contributed by atoms with E-state index >= 15 is 0 Å². The molecule has 2 nitrogen and oxygen atoms in total. The van der Waals surface area contributed by atoms with E-state index in [9.17, 15) is 4.79 Å². The first kappa shape index (κ1) is 16.0. The summed E-state index contributed by atoms with van der Waals surface area (Å²) in [6.45, 7) is 5.17. The van der Waals surface area contributed by atoms with E-state index in [1.54, 1.807) is 0 Å². The van der Waals surface area contributed by atoms with E-state index in [2.05, 4.69) is 38.2 Å². The van der Waals surface area contributed by atoms with Crippen molar-refractivity contribution in [1.29, 1.82) is 0 Å². The van der Waals surface area contributed by atoms with Crippen molar-refractivity contribution in [2.24, 2.45) is 0 Å². The van der Waals surface area contributed by atoms with Gasteiger partial charge in [0.05, 0.1) is 6.04 Å². The Morgan fingerprint density at radius 3 is 2.74 bits per heavy atom. The minimum absolute atomic E-state index is 0.317. The van der Waals surface area contributed by atoms with Gasteiger partial charge in [0.15, 0.2) is 0 Å². The minimum Gasteiger partial charge on any atom is -0.333 e. The highest BCUT2D eigenvalue weighted by Crippen LogP contribution is 2.19. The monoisotopic (exact) mass is 263 g/mol. The number of hydrogen-bond acceptors (Lipinski definition) is 1. The predicted octanol–water partition coefficient (Wildman–Crippen LogP) is 4.47. The van der Waals surface area contributed by atoms with Crippen LogP contribution in [0.25, 0.3) is 0 Å². The normalized spacial score (nSPS) is 20.8. The van der Waals surface area contributed by atoms with Gasteiger partial charge in [-0.15, -0.1) is 0 Å². The van der Waals surface area contributed by atoms with Crippen LogP contribution in [0.2, 0.25) is 0 Å². The molecular formula is C17H29NO. The summed E-state index contributed by atoms with van der Waals surface area (Å²) in [6, 6.07) is 0.323. The van der Waals surface area contributed by atoms with Gasteiger partial charge in [-0.05, 0) is 25.7 Å². The summed E-state index contributed by atoms with van der Waals surface area (Å²) in [7, 11) is 0. The van der Waals surface area contributed by atoms with Crippen LogP contribution in [0.15, 0.2) is 24.3 Å². The van der Waals surface area contributed by atoms with Gasteiger partial charge in [0, 0.05) is 13.0 Å². The Morgan fingerprint density at radius 2 is 2.00 bits per heavy atom. The van der Waals surface area contributed by atoms with Crippen molar-refractivity contribution >= 4 is 5.91 Å². The van der Waals surface area contributed by atoms with Crippen LogP contribution in [0.1, 0.15) is 65.2 Å². The van der Waals surface area contributed by atoms with Gasteiger partial charge in [0.2, 0.25) is 5.91 Å². The number of piperidine rings is 1. The summed E-state index contributed by atoms with van der Waals surface area (Å²) >= 11 is 0. The molecule has 0 N–H and O–H groups in total. The molecule has 0 bridgehead atoms. The average Bonchev–Trinajstić information content (AvgIpc) is 2.41. The fraction of sp³-hybridized carbons (Fsp3) is 0.706. The van der Waals surface area contributed by atoms with Crippen LogP contribution in [-0.2, 0) is 4.79 Å². The first-order valence-electron chi connectivity index (χ1n) is 7.90. The van der Waals surface area contributed by atoms with E-state index in [4.69, 9.17) is 0 Å². The zero-order valence-electron chi connectivity index (χ0n) is 12.6. The van der Waals surface area contributed by atoms with Gasteiger partial charge in [-0.2, -0.15) is 0 Å². The Morgan fingerprint density at radius 1 is 1.16 bits per heavy atom. The minimum atomic E-state index is 0.317. The molecule has 1 atom stereocenters. The highest BCUT2D eigenvalue weighted by Gasteiger charge is 2.24. The summed E-state index contributed by atoms with van der Waals surface area (Å²) in [4.78, 5) is 14.1. The molecule has 108 valence electrons. The second-order valence-electron chi connectivity index (χ2n) is 5.34. The maximum Gasteiger partial charge on any atom is 0.223 e. The Kier molecular flexibility index (Phi) is 8.28. The number of allylic oxidation sites excluding steroid dienone is 2. The molecule has 19 heavy (non-hydrogen) atoms. The molecular weight excluding hydrogens is 234 g/mol. The van der Waals surface area contributed by atoms with Gasteiger partial charge in [-0.1, -0.05) is 57.4 Å². The van der Waals surface area contributed by atoms with Crippen LogP contribution in [0.3, 0.4) is 0 Å². The number of hydrogen-bond donors (Lipinski definition) is 0. The van der Waals surface area contributed by atoms with E-state index in [1.807, 2.05) is 4.90 Å². The topological polar surface area (TPSA) is 20.3 Å². The number of carbonyl (C=O) groups is 1. The van der Waals surface area contributed by atoms with Crippen molar-refractivity contribution in [2.45, 2.75) is 71.3 Å². The maximum absolute atomic E-state index is 12.0. The van der Waals surface area contributed by atoms with Crippen LogP contribution in [0.5, 0.6) is 0 Å². The lowest BCUT2D eigenvalue weighted by molar-refractivity contribution is -0.134. The molecule has 0 aliphatic carbocycles. The van der Waals surface area contributed by atoms with Crippen LogP contribution >= 0.6 is 0 Å². The number of likely N-dealkylation sites (tertiary alicyclic amines) is 1. The second-order valence-corrected chi connectivity index (χ2v) is 5.34. The lowest BCUT2D eigenvalue weighted by atomic mass is 10.0. The summed E-state index contributed by atoms with van der Waals surface area (Å²) < 4.78 is 0. The second kappa shape index (κ2) is 9.82. The van der Waals surface area contributed by atoms with Crippen molar-refractivity contribution in [3.8, 4) is 0 Å². The molecule has 0 aromatic carbocycles. The molecule has 1 heterocycles. The molecule has 1 fully saturated rings. The molecule has 1 aliphatic heterocycles. The molecule has 1 aliphatic rings. The molecule has 0 saturated carbocycles. The molecule has 1 saturated heterocycles. The molecule has 0 spiro atoms. The van der Waals surface area contributed by atoms with Gasteiger partial charge < -0.3 is 4.90 Å². The van der Waals surface area contributed by atoms with E-state index in [0.717, 1.165) is 38.6 Å². The summed E-state index contributed by atoms with van der Waals surface area (Å²) in [6.07, 6.45) is 17.6. The lowest BCUT2D eigenvalue weighted by Gasteiger charge is -2.33. The maximum atomic E-state index is 12.0. The lowest BCUT2D eigenvalue weighted by Crippen LogP contribution is -2.42. The van der Waals surface area contributed by atoms with E-state index in [-0.39, 0.29) is 0 Å². The van der Waals surface area contributed by atoms with Crippen LogP contribution < -0.4 is 0 Å². The fourth-order valence-corrected chi connectivity index (χ4v) is 2.43.